The largest absolute Gasteiger partial charge is 0.494 e. The minimum atomic E-state index is 0.0445. The number of hydrogen-bond donors (Lipinski definition) is 1. The minimum absolute atomic E-state index is 0.0445. The molecule has 0 spiro atoms. The lowest BCUT2D eigenvalue weighted by atomic mass is 10.1. The van der Waals surface area contributed by atoms with Crippen molar-refractivity contribution >= 4 is 5.91 Å². The molecule has 0 bridgehead atoms. The third-order valence-electron chi connectivity index (χ3n) is 6.19. The number of benzene rings is 1. The molecule has 0 radical (unpaired) electrons. The van der Waals surface area contributed by atoms with E-state index in [2.05, 4.69) is 27.4 Å². The Hall–Kier alpha value is -3.16. The van der Waals surface area contributed by atoms with E-state index in [0.717, 1.165) is 73.3 Å². The molecule has 1 atom stereocenters. The van der Waals surface area contributed by atoms with E-state index in [1.165, 1.54) is 0 Å². The molecule has 2 aliphatic rings. The normalized spacial score (nSPS) is 17.8. The molecule has 0 saturated carbocycles. The van der Waals surface area contributed by atoms with Crippen LogP contribution in [0.4, 0.5) is 0 Å². The molecule has 5 rings (SSSR count). The van der Waals surface area contributed by atoms with Crippen molar-refractivity contribution in [3.63, 3.8) is 0 Å². The van der Waals surface area contributed by atoms with Gasteiger partial charge in [-0.05, 0) is 50.7 Å². The predicted molar refractivity (Wildman–Crippen MR) is 116 cm³/mol. The van der Waals surface area contributed by atoms with E-state index in [9.17, 15) is 4.79 Å². The number of fused-ring (bicyclic) bond motifs is 1. The average Bonchev–Trinajstić information content (AvgIpc) is 3.56. The third kappa shape index (κ3) is 3.94. The van der Waals surface area contributed by atoms with Crippen molar-refractivity contribution in [3.8, 4) is 17.0 Å². The Morgan fingerprint density at radius 1 is 1.29 bits per heavy atom. The molecule has 8 heteroatoms. The summed E-state index contributed by atoms with van der Waals surface area (Å²) in [6.45, 7) is 4.19. The van der Waals surface area contributed by atoms with Gasteiger partial charge in [0, 0.05) is 23.4 Å². The molecule has 1 aliphatic carbocycles. The Morgan fingerprint density at radius 2 is 2.23 bits per heavy atom. The van der Waals surface area contributed by atoms with Gasteiger partial charge < -0.3 is 9.64 Å². The van der Waals surface area contributed by atoms with E-state index < -0.39 is 0 Å². The van der Waals surface area contributed by atoms with Gasteiger partial charge in [0.25, 0.3) is 5.91 Å². The fourth-order valence-electron chi connectivity index (χ4n) is 4.63. The Kier molecular flexibility index (Phi) is 5.44. The monoisotopic (exact) mass is 420 g/mol. The maximum absolute atomic E-state index is 13.2. The third-order valence-corrected chi connectivity index (χ3v) is 6.19. The Labute approximate surface area is 181 Å². The number of carbonyl (C=O) groups excluding carboxylic acids is 1. The van der Waals surface area contributed by atoms with Crippen LogP contribution in [0.5, 0.6) is 5.75 Å². The van der Waals surface area contributed by atoms with Crippen LogP contribution in [-0.2, 0) is 19.4 Å². The molecule has 1 unspecified atom stereocenters. The number of hydrogen-bond acceptors (Lipinski definition) is 5. The van der Waals surface area contributed by atoms with Crippen LogP contribution in [0.25, 0.3) is 11.3 Å². The molecule has 8 nitrogen and oxygen atoms in total. The highest BCUT2D eigenvalue weighted by Gasteiger charge is 2.33. The summed E-state index contributed by atoms with van der Waals surface area (Å²) < 4.78 is 7.58. The first-order chi connectivity index (χ1) is 15.2. The highest BCUT2D eigenvalue weighted by atomic mass is 16.5. The van der Waals surface area contributed by atoms with Crippen molar-refractivity contribution in [1.29, 1.82) is 0 Å². The standard InChI is InChI=1S/C23H28N6O2/c1-2-12-31-18-8-3-6-16(13-18)21-15-28(27-25-21)14-17-7-5-11-29(17)23(30)22-19-9-4-10-20(19)24-26-22/h3,6,8,13,15,17H,2,4-5,7,9-12,14H2,1H3,(H,24,26). The number of nitrogens with zero attached hydrogens (tertiary/aromatic N) is 5. The zero-order valence-electron chi connectivity index (χ0n) is 17.9. The van der Waals surface area contributed by atoms with E-state index in [1.54, 1.807) is 0 Å². The first-order valence-corrected chi connectivity index (χ1v) is 11.2. The topological polar surface area (TPSA) is 88.9 Å². The van der Waals surface area contributed by atoms with Gasteiger partial charge in [-0.15, -0.1) is 5.10 Å². The maximum atomic E-state index is 13.2. The number of aryl methyl sites for hydroxylation is 1. The Morgan fingerprint density at radius 3 is 3.13 bits per heavy atom. The summed E-state index contributed by atoms with van der Waals surface area (Å²) in [6.07, 6.45) is 7.92. The second-order valence-electron chi connectivity index (χ2n) is 8.38. The van der Waals surface area contributed by atoms with Crippen LogP contribution in [0, 0.1) is 0 Å². The number of aromatic nitrogens is 5. The van der Waals surface area contributed by atoms with Crippen LogP contribution < -0.4 is 4.74 Å². The number of amides is 1. The molecule has 2 aromatic heterocycles. The zero-order chi connectivity index (χ0) is 21.2. The van der Waals surface area contributed by atoms with Crippen molar-refractivity contribution in [1.82, 2.24) is 30.1 Å². The molecule has 162 valence electrons. The van der Waals surface area contributed by atoms with E-state index in [4.69, 9.17) is 4.74 Å². The predicted octanol–water partition coefficient (Wildman–Crippen LogP) is 3.25. The summed E-state index contributed by atoms with van der Waals surface area (Å²) >= 11 is 0. The van der Waals surface area contributed by atoms with E-state index in [-0.39, 0.29) is 11.9 Å². The van der Waals surface area contributed by atoms with Gasteiger partial charge in [0.05, 0.1) is 25.4 Å². The molecule has 1 N–H and O–H groups in total. The summed E-state index contributed by atoms with van der Waals surface area (Å²) in [6, 6.07) is 8.04. The Bertz CT molecular complexity index is 1070. The van der Waals surface area contributed by atoms with E-state index >= 15 is 0 Å². The quantitative estimate of drug-likeness (QED) is 0.634. The molecule has 1 saturated heterocycles. The molecule has 1 fully saturated rings. The van der Waals surface area contributed by atoms with Gasteiger partial charge in [0.15, 0.2) is 5.69 Å². The molecule has 1 amide bonds. The summed E-state index contributed by atoms with van der Waals surface area (Å²) in [5.41, 5.74) is 4.64. The molecular weight excluding hydrogens is 392 g/mol. The van der Waals surface area contributed by atoms with Gasteiger partial charge in [-0.2, -0.15) is 5.10 Å². The van der Waals surface area contributed by atoms with Crippen molar-refractivity contribution in [2.24, 2.45) is 0 Å². The first-order valence-electron chi connectivity index (χ1n) is 11.2. The molecule has 3 heterocycles. The van der Waals surface area contributed by atoms with Crippen molar-refractivity contribution < 1.29 is 9.53 Å². The van der Waals surface area contributed by atoms with Gasteiger partial charge in [-0.25, -0.2) is 4.68 Å². The van der Waals surface area contributed by atoms with Crippen LogP contribution in [-0.4, -0.2) is 55.2 Å². The second-order valence-corrected chi connectivity index (χ2v) is 8.38. The zero-order valence-corrected chi connectivity index (χ0v) is 17.9. The SMILES string of the molecule is CCCOc1cccc(-c2cn(CC3CCCN3C(=O)c3n[nH]c4c3CCC4)nn2)c1. The Balaban J connectivity index is 1.29. The molecule has 3 aromatic rings. The van der Waals surface area contributed by atoms with Crippen molar-refractivity contribution in [3.05, 3.63) is 47.4 Å². The molecule has 31 heavy (non-hydrogen) atoms. The van der Waals surface area contributed by atoms with Gasteiger partial charge in [0.1, 0.15) is 11.4 Å². The number of nitrogens with one attached hydrogen (secondary N) is 1. The van der Waals surface area contributed by atoms with Crippen LogP contribution in [0.3, 0.4) is 0 Å². The molecular formula is C23H28N6O2. The summed E-state index contributed by atoms with van der Waals surface area (Å²) in [4.78, 5) is 15.2. The van der Waals surface area contributed by atoms with Gasteiger partial charge in [-0.1, -0.05) is 24.3 Å². The number of aromatic amines is 1. The fourth-order valence-corrected chi connectivity index (χ4v) is 4.63. The minimum Gasteiger partial charge on any atom is -0.494 e. The molecule has 1 aliphatic heterocycles. The van der Waals surface area contributed by atoms with E-state index in [1.807, 2.05) is 40.0 Å². The van der Waals surface area contributed by atoms with Gasteiger partial charge >= 0.3 is 0 Å². The van der Waals surface area contributed by atoms with Crippen LogP contribution >= 0.6 is 0 Å². The lowest BCUT2D eigenvalue weighted by molar-refractivity contribution is 0.0714. The number of likely N-dealkylation sites (tertiary alicyclic amines) is 1. The highest BCUT2D eigenvalue weighted by Crippen LogP contribution is 2.28. The van der Waals surface area contributed by atoms with Crippen LogP contribution in [0.15, 0.2) is 30.5 Å². The van der Waals surface area contributed by atoms with Gasteiger partial charge in [0.2, 0.25) is 0 Å². The summed E-state index contributed by atoms with van der Waals surface area (Å²) in [5.74, 6) is 0.885. The second kappa shape index (κ2) is 8.53. The number of ether oxygens (including phenoxy) is 1. The lowest BCUT2D eigenvalue weighted by Crippen LogP contribution is -2.38. The van der Waals surface area contributed by atoms with E-state index in [0.29, 0.717) is 18.8 Å². The number of H-pyrrole nitrogens is 1. The fraction of sp³-hybridized carbons (Fsp3) is 0.478. The number of carbonyl (C=O) groups is 1. The van der Waals surface area contributed by atoms with Crippen molar-refractivity contribution in [2.45, 2.75) is 58.0 Å². The van der Waals surface area contributed by atoms with Crippen molar-refractivity contribution in [2.75, 3.05) is 13.2 Å². The molecule has 1 aromatic carbocycles. The van der Waals surface area contributed by atoms with Crippen LogP contribution in [0.2, 0.25) is 0 Å². The maximum Gasteiger partial charge on any atom is 0.274 e. The highest BCUT2D eigenvalue weighted by molar-refractivity contribution is 5.94. The lowest BCUT2D eigenvalue weighted by Gasteiger charge is -2.24. The van der Waals surface area contributed by atoms with Crippen LogP contribution in [0.1, 0.15) is 54.4 Å². The first kappa shape index (κ1) is 19.8. The van der Waals surface area contributed by atoms with Gasteiger partial charge in [-0.3, -0.25) is 9.89 Å². The smallest absolute Gasteiger partial charge is 0.274 e. The number of rotatable bonds is 7. The average molecular weight is 421 g/mol. The summed E-state index contributed by atoms with van der Waals surface area (Å²) in [7, 11) is 0. The summed E-state index contributed by atoms with van der Waals surface area (Å²) in [5, 5.41) is 16.1.